The second-order valence-corrected chi connectivity index (χ2v) is 7.04. The van der Waals surface area contributed by atoms with Crippen LogP contribution in [-0.4, -0.2) is 22.7 Å². The number of thiophene rings is 1. The predicted octanol–water partition coefficient (Wildman–Crippen LogP) is 4.04. The van der Waals surface area contributed by atoms with Gasteiger partial charge in [-0.05, 0) is 35.6 Å². The number of benzene rings is 1. The molecule has 1 aromatic carbocycles. The van der Waals surface area contributed by atoms with Crippen molar-refractivity contribution in [3.8, 4) is 5.75 Å². The summed E-state index contributed by atoms with van der Waals surface area (Å²) in [7, 11) is 0. The van der Waals surface area contributed by atoms with Crippen molar-refractivity contribution in [1.82, 2.24) is 10.2 Å². The summed E-state index contributed by atoms with van der Waals surface area (Å²) in [5.41, 5.74) is 1.29. The zero-order valence-corrected chi connectivity index (χ0v) is 14.8. The van der Waals surface area contributed by atoms with Gasteiger partial charge in [-0.2, -0.15) is 0 Å². The second-order valence-electron chi connectivity index (χ2n) is 5.03. The molecular weight excluding hydrogens is 342 g/mol. The van der Waals surface area contributed by atoms with Gasteiger partial charge in [0.15, 0.2) is 0 Å². The second kappa shape index (κ2) is 8.03. The maximum Gasteiger partial charge on any atom is 0.267 e. The van der Waals surface area contributed by atoms with Crippen molar-refractivity contribution in [3.05, 3.63) is 57.2 Å². The van der Waals surface area contributed by atoms with Crippen molar-refractivity contribution in [3.63, 3.8) is 0 Å². The summed E-state index contributed by atoms with van der Waals surface area (Å²) in [6, 6.07) is 11.7. The first-order chi connectivity index (χ1) is 11.7. The number of anilines is 1. The van der Waals surface area contributed by atoms with Crippen molar-refractivity contribution < 1.29 is 9.53 Å². The van der Waals surface area contributed by atoms with E-state index in [0.29, 0.717) is 23.0 Å². The molecule has 0 aliphatic rings. The molecule has 0 saturated carbocycles. The molecule has 24 heavy (non-hydrogen) atoms. The van der Waals surface area contributed by atoms with Crippen LogP contribution >= 0.6 is 22.7 Å². The number of rotatable bonds is 7. The number of hydrogen-bond donors (Lipinski definition) is 1. The van der Waals surface area contributed by atoms with E-state index in [9.17, 15) is 4.79 Å². The topological polar surface area (TPSA) is 64.1 Å². The Morgan fingerprint density at radius 1 is 1.21 bits per heavy atom. The Bertz CT molecular complexity index is 783. The number of aromatic nitrogens is 2. The molecule has 0 fully saturated rings. The van der Waals surface area contributed by atoms with Crippen LogP contribution in [0.5, 0.6) is 5.75 Å². The van der Waals surface area contributed by atoms with Gasteiger partial charge < -0.3 is 4.74 Å². The highest BCUT2D eigenvalue weighted by Gasteiger charge is 2.11. The van der Waals surface area contributed by atoms with Crippen molar-refractivity contribution in [1.29, 1.82) is 0 Å². The molecule has 5 nitrogen and oxygen atoms in total. The molecule has 3 aromatic rings. The predicted molar refractivity (Wildman–Crippen MR) is 97.2 cm³/mol. The van der Waals surface area contributed by atoms with E-state index in [-0.39, 0.29) is 5.91 Å². The molecule has 0 unspecified atom stereocenters. The lowest BCUT2D eigenvalue weighted by atomic mass is 10.2. The number of amides is 1. The molecule has 3 rings (SSSR count). The summed E-state index contributed by atoms with van der Waals surface area (Å²) in [6.45, 7) is 2.65. The normalized spacial score (nSPS) is 10.5. The summed E-state index contributed by atoms with van der Waals surface area (Å²) in [5, 5.41) is 14.1. The molecule has 0 radical (unpaired) electrons. The number of carbonyl (C=O) groups excluding carboxylic acids is 1. The molecule has 0 spiro atoms. The van der Waals surface area contributed by atoms with E-state index < -0.39 is 0 Å². The molecule has 0 bridgehead atoms. The van der Waals surface area contributed by atoms with Crippen LogP contribution in [0.25, 0.3) is 0 Å². The monoisotopic (exact) mass is 359 g/mol. The van der Waals surface area contributed by atoms with Crippen LogP contribution in [0.15, 0.2) is 41.8 Å². The molecule has 0 atom stereocenters. The Kier molecular flexibility index (Phi) is 5.55. The van der Waals surface area contributed by atoms with E-state index in [1.807, 2.05) is 23.6 Å². The quantitative estimate of drug-likeness (QED) is 0.691. The Hall–Kier alpha value is -2.25. The number of nitrogens with zero attached hydrogens (tertiary/aromatic N) is 2. The summed E-state index contributed by atoms with van der Waals surface area (Å²) in [4.78, 5) is 12.6. The minimum Gasteiger partial charge on any atom is -0.493 e. The Morgan fingerprint density at radius 3 is 2.75 bits per heavy atom. The zero-order chi connectivity index (χ0) is 16.8. The third kappa shape index (κ3) is 4.39. The fourth-order valence-corrected chi connectivity index (χ4v) is 3.38. The van der Waals surface area contributed by atoms with Gasteiger partial charge in [0.2, 0.25) is 5.13 Å². The van der Waals surface area contributed by atoms with Crippen LogP contribution in [0, 0.1) is 0 Å². The first-order valence-corrected chi connectivity index (χ1v) is 9.33. The Balaban J connectivity index is 1.48. The molecule has 0 aliphatic carbocycles. The van der Waals surface area contributed by atoms with Gasteiger partial charge in [0.1, 0.15) is 10.8 Å². The lowest BCUT2D eigenvalue weighted by molar-refractivity contribution is 0.103. The van der Waals surface area contributed by atoms with Gasteiger partial charge in [0.25, 0.3) is 5.91 Å². The van der Waals surface area contributed by atoms with Crippen LogP contribution in [0.1, 0.15) is 27.2 Å². The van der Waals surface area contributed by atoms with Crippen LogP contribution in [-0.2, 0) is 12.8 Å². The number of nitrogens with one attached hydrogen (secondary N) is 1. The molecule has 0 saturated heterocycles. The number of ether oxygens (including phenoxy) is 1. The Labute approximate surface area is 148 Å². The van der Waals surface area contributed by atoms with Crippen LogP contribution in [0.4, 0.5) is 5.13 Å². The molecule has 124 valence electrons. The van der Waals surface area contributed by atoms with Crippen molar-refractivity contribution >= 4 is 33.7 Å². The highest BCUT2D eigenvalue weighted by molar-refractivity contribution is 7.15. The van der Waals surface area contributed by atoms with Gasteiger partial charge >= 0.3 is 0 Å². The van der Waals surface area contributed by atoms with E-state index in [1.54, 1.807) is 6.07 Å². The highest BCUT2D eigenvalue weighted by Crippen LogP contribution is 2.19. The molecule has 2 aromatic heterocycles. The maximum absolute atomic E-state index is 11.9. The molecule has 0 aliphatic heterocycles. The minimum atomic E-state index is -0.153. The molecule has 7 heteroatoms. The van der Waals surface area contributed by atoms with E-state index >= 15 is 0 Å². The van der Waals surface area contributed by atoms with Gasteiger partial charge in [-0.15, -0.1) is 21.5 Å². The van der Waals surface area contributed by atoms with Crippen molar-refractivity contribution in [2.75, 3.05) is 11.9 Å². The standard InChI is InChI=1S/C17H17N3O2S2/c1-2-12-5-7-13(8-6-12)22-10-9-15-19-20-17(24-15)18-16(21)14-4-3-11-23-14/h3-8,11H,2,9-10H2,1H3,(H,18,20,21). The summed E-state index contributed by atoms with van der Waals surface area (Å²) in [6.07, 6.45) is 1.67. The fourth-order valence-electron chi connectivity index (χ4n) is 2.05. The van der Waals surface area contributed by atoms with E-state index in [2.05, 4.69) is 34.6 Å². The third-order valence-electron chi connectivity index (χ3n) is 3.35. The molecular formula is C17H17N3O2S2. The average Bonchev–Trinajstić information content (AvgIpc) is 3.27. The zero-order valence-electron chi connectivity index (χ0n) is 13.2. The summed E-state index contributed by atoms with van der Waals surface area (Å²) < 4.78 is 5.71. The van der Waals surface area contributed by atoms with E-state index in [0.717, 1.165) is 17.2 Å². The molecule has 1 N–H and O–H groups in total. The van der Waals surface area contributed by atoms with Gasteiger partial charge in [0, 0.05) is 6.42 Å². The maximum atomic E-state index is 11.9. The number of aryl methyl sites for hydroxylation is 1. The van der Waals surface area contributed by atoms with Gasteiger partial charge in [0.05, 0.1) is 11.5 Å². The highest BCUT2D eigenvalue weighted by atomic mass is 32.1. The largest absolute Gasteiger partial charge is 0.493 e. The average molecular weight is 359 g/mol. The van der Waals surface area contributed by atoms with Crippen LogP contribution in [0.2, 0.25) is 0 Å². The first-order valence-electron chi connectivity index (χ1n) is 7.63. The van der Waals surface area contributed by atoms with Crippen molar-refractivity contribution in [2.45, 2.75) is 19.8 Å². The van der Waals surface area contributed by atoms with Gasteiger partial charge in [-0.3, -0.25) is 10.1 Å². The van der Waals surface area contributed by atoms with Crippen LogP contribution in [0.3, 0.4) is 0 Å². The minimum absolute atomic E-state index is 0.153. The number of hydrogen-bond acceptors (Lipinski definition) is 6. The van der Waals surface area contributed by atoms with Crippen molar-refractivity contribution in [2.24, 2.45) is 0 Å². The van der Waals surface area contributed by atoms with Gasteiger partial charge in [-0.25, -0.2) is 0 Å². The summed E-state index contributed by atoms with van der Waals surface area (Å²) in [5.74, 6) is 0.697. The lowest BCUT2D eigenvalue weighted by Crippen LogP contribution is -2.09. The number of carbonyl (C=O) groups is 1. The first kappa shape index (κ1) is 16.6. The van der Waals surface area contributed by atoms with Crippen LogP contribution < -0.4 is 10.1 Å². The van der Waals surface area contributed by atoms with E-state index in [4.69, 9.17) is 4.74 Å². The van der Waals surface area contributed by atoms with E-state index in [1.165, 1.54) is 28.2 Å². The van der Waals surface area contributed by atoms with Gasteiger partial charge in [-0.1, -0.05) is 36.5 Å². The smallest absolute Gasteiger partial charge is 0.267 e. The molecule has 2 heterocycles. The SMILES string of the molecule is CCc1ccc(OCCc2nnc(NC(=O)c3cccs3)s2)cc1. The third-order valence-corrected chi connectivity index (χ3v) is 5.12. The molecule has 1 amide bonds. The Morgan fingerprint density at radius 2 is 2.04 bits per heavy atom. The fraction of sp³-hybridized carbons (Fsp3) is 0.235. The summed E-state index contributed by atoms with van der Waals surface area (Å²) >= 11 is 2.77. The lowest BCUT2D eigenvalue weighted by Gasteiger charge is -2.05.